The summed E-state index contributed by atoms with van der Waals surface area (Å²) in [6.07, 6.45) is 1.89. The van der Waals surface area contributed by atoms with Gasteiger partial charge in [-0.2, -0.15) is 0 Å². The van der Waals surface area contributed by atoms with Crippen LogP contribution in [0.4, 0.5) is 5.69 Å². The smallest absolute Gasteiger partial charge is 0.336 e. The maximum absolute atomic E-state index is 11.7. The van der Waals surface area contributed by atoms with E-state index in [-0.39, 0.29) is 22.9 Å². The van der Waals surface area contributed by atoms with Gasteiger partial charge in [0, 0.05) is 10.2 Å². The van der Waals surface area contributed by atoms with Crippen molar-refractivity contribution < 1.29 is 18.3 Å². The molecule has 2 rings (SSSR count). The Kier molecular flexibility index (Phi) is 3.63. The third kappa shape index (κ3) is 3.46. The summed E-state index contributed by atoms with van der Waals surface area (Å²) in [5.41, 5.74) is 0.304. The Labute approximate surface area is 113 Å². The lowest BCUT2D eigenvalue weighted by Gasteiger charge is -2.08. The van der Waals surface area contributed by atoms with Crippen molar-refractivity contribution in [1.82, 2.24) is 0 Å². The van der Waals surface area contributed by atoms with E-state index in [1.54, 1.807) is 0 Å². The number of carbonyl (C=O) groups is 1. The molecule has 0 aliphatic heterocycles. The maximum Gasteiger partial charge on any atom is 0.336 e. The lowest BCUT2D eigenvalue weighted by Crippen LogP contribution is -2.18. The molecule has 1 saturated carbocycles. The van der Waals surface area contributed by atoms with Gasteiger partial charge in [0.15, 0.2) is 0 Å². The zero-order valence-electron chi connectivity index (χ0n) is 9.39. The summed E-state index contributed by atoms with van der Waals surface area (Å²) < 4.78 is 26.3. The quantitative estimate of drug-likeness (QED) is 0.865. The third-order valence-electron chi connectivity index (χ3n) is 2.62. The van der Waals surface area contributed by atoms with E-state index in [1.807, 2.05) is 0 Å². The van der Waals surface area contributed by atoms with E-state index < -0.39 is 16.0 Å². The highest BCUT2D eigenvalue weighted by Gasteiger charge is 2.28. The first kappa shape index (κ1) is 13.4. The van der Waals surface area contributed by atoms with Gasteiger partial charge in [0.2, 0.25) is 10.0 Å². The number of carboxylic acid groups (broad SMARTS) is 1. The van der Waals surface area contributed by atoms with Crippen molar-refractivity contribution in [2.75, 3.05) is 10.5 Å². The predicted molar refractivity (Wildman–Crippen MR) is 71.2 cm³/mol. The van der Waals surface area contributed by atoms with Crippen LogP contribution < -0.4 is 4.72 Å². The zero-order chi connectivity index (χ0) is 13.3. The van der Waals surface area contributed by atoms with Gasteiger partial charge in [-0.25, -0.2) is 13.2 Å². The summed E-state index contributed by atoms with van der Waals surface area (Å²) in [6, 6.07) is 4.34. The molecule has 5 nitrogen and oxygen atoms in total. The molecule has 0 atom stereocenters. The number of sulfonamides is 1. The number of anilines is 1. The van der Waals surface area contributed by atoms with Crippen molar-refractivity contribution in [3.8, 4) is 0 Å². The van der Waals surface area contributed by atoms with Crippen molar-refractivity contribution in [3.05, 3.63) is 28.2 Å². The number of halogens is 1. The molecule has 1 fully saturated rings. The van der Waals surface area contributed by atoms with Crippen molar-refractivity contribution in [3.63, 3.8) is 0 Å². The molecule has 1 aromatic carbocycles. The number of hydrogen-bond donors (Lipinski definition) is 2. The minimum Gasteiger partial charge on any atom is -0.478 e. The Balaban J connectivity index is 2.18. The average Bonchev–Trinajstić information content (AvgIpc) is 3.03. The summed E-state index contributed by atoms with van der Waals surface area (Å²) in [5.74, 6) is -0.757. The fourth-order valence-corrected chi connectivity index (χ4v) is 3.51. The van der Waals surface area contributed by atoms with Crippen LogP contribution in [0.15, 0.2) is 22.7 Å². The molecule has 0 aromatic heterocycles. The van der Waals surface area contributed by atoms with Gasteiger partial charge in [-0.1, -0.05) is 0 Å². The van der Waals surface area contributed by atoms with E-state index in [0.717, 1.165) is 12.8 Å². The minimum atomic E-state index is -3.38. The second kappa shape index (κ2) is 4.89. The molecule has 0 spiro atoms. The highest BCUT2D eigenvalue weighted by molar-refractivity contribution is 9.10. The molecule has 0 radical (unpaired) electrons. The van der Waals surface area contributed by atoms with Gasteiger partial charge in [0.05, 0.1) is 11.3 Å². The standard InChI is InChI=1S/C11H12BrNO4S/c12-10-4-3-8(5-9(10)11(14)15)13-18(16,17)6-7-1-2-7/h3-5,7,13H,1-2,6H2,(H,14,15). The second-order valence-corrected chi connectivity index (χ2v) is 6.95. The van der Waals surface area contributed by atoms with Gasteiger partial charge in [-0.15, -0.1) is 0 Å². The van der Waals surface area contributed by atoms with E-state index in [9.17, 15) is 13.2 Å². The highest BCUT2D eigenvalue weighted by atomic mass is 79.9. The minimum absolute atomic E-state index is 0.0293. The summed E-state index contributed by atoms with van der Waals surface area (Å²) in [6.45, 7) is 0. The Hall–Kier alpha value is -1.08. The van der Waals surface area contributed by atoms with Crippen LogP contribution in [0.3, 0.4) is 0 Å². The molecule has 98 valence electrons. The van der Waals surface area contributed by atoms with Gasteiger partial charge >= 0.3 is 5.97 Å². The molecule has 7 heteroatoms. The Morgan fingerprint density at radius 3 is 2.67 bits per heavy atom. The van der Waals surface area contributed by atoms with Crippen LogP contribution in [0.1, 0.15) is 23.2 Å². The van der Waals surface area contributed by atoms with Gasteiger partial charge in [-0.05, 0) is 52.9 Å². The number of rotatable bonds is 5. The third-order valence-corrected chi connectivity index (χ3v) is 4.77. The van der Waals surface area contributed by atoms with Crippen LogP contribution in [0.5, 0.6) is 0 Å². The summed E-state index contributed by atoms with van der Waals surface area (Å²) >= 11 is 3.10. The second-order valence-electron chi connectivity index (χ2n) is 4.33. The van der Waals surface area contributed by atoms with E-state index >= 15 is 0 Å². The first-order chi connectivity index (χ1) is 8.37. The maximum atomic E-state index is 11.7. The molecule has 1 aliphatic rings. The van der Waals surface area contributed by atoms with Gasteiger partial charge < -0.3 is 5.11 Å². The molecule has 0 saturated heterocycles. The van der Waals surface area contributed by atoms with E-state index in [1.165, 1.54) is 18.2 Å². The van der Waals surface area contributed by atoms with Crippen LogP contribution in [0.2, 0.25) is 0 Å². The lowest BCUT2D eigenvalue weighted by atomic mass is 10.2. The van der Waals surface area contributed by atoms with E-state index in [4.69, 9.17) is 5.11 Å². The van der Waals surface area contributed by atoms with E-state index in [0.29, 0.717) is 4.47 Å². The van der Waals surface area contributed by atoms with E-state index in [2.05, 4.69) is 20.7 Å². The van der Waals surface area contributed by atoms with Crippen LogP contribution in [-0.4, -0.2) is 25.2 Å². The number of hydrogen-bond acceptors (Lipinski definition) is 3. The molecule has 1 aliphatic carbocycles. The monoisotopic (exact) mass is 333 g/mol. The van der Waals surface area contributed by atoms with Crippen molar-refractivity contribution in [2.24, 2.45) is 5.92 Å². The Morgan fingerprint density at radius 2 is 2.11 bits per heavy atom. The number of aromatic carboxylic acids is 1. The van der Waals surface area contributed by atoms with Crippen LogP contribution in [0.25, 0.3) is 0 Å². The number of carboxylic acids is 1. The van der Waals surface area contributed by atoms with Gasteiger partial charge in [0.1, 0.15) is 0 Å². The largest absolute Gasteiger partial charge is 0.478 e. The number of benzene rings is 1. The fourth-order valence-electron chi connectivity index (χ4n) is 1.57. The van der Waals surface area contributed by atoms with Crippen LogP contribution >= 0.6 is 15.9 Å². The summed E-state index contributed by atoms with van der Waals surface area (Å²) in [7, 11) is -3.38. The predicted octanol–water partition coefficient (Wildman–Crippen LogP) is 2.30. The van der Waals surface area contributed by atoms with Crippen LogP contribution in [-0.2, 0) is 10.0 Å². The summed E-state index contributed by atoms with van der Waals surface area (Å²) in [5, 5.41) is 8.94. The van der Waals surface area contributed by atoms with Crippen molar-refractivity contribution >= 4 is 37.6 Å². The Bertz CT molecular complexity index is 581. The first-order valence-electron chi connectivity index (χ1n) is 5.41. The normalized spacial score (nSPS) is 15.4. The average molecular weight is 334 g/mol. The van der Waals surface area contributed by atoms with Crippen molar-refractivity contribution in [1.29, 1.82) is 0 Å². The Morgan fingerprint density at radius 1 is 1.44 bits per heavy atom. The molecule has 2 N–H and O–H groups in total. The molecule has 0 unspecified atom stereocenters. The fraction of sp³-hybridized carbons (Fsp3) is 0.364. The lowest BCUT2D eigenvalue weighted by molar-refractivity contribution is 0.0696. The molecular formula is C11H12BrNO4S. The van der Waals surface area contributed by atoms with Gasteiger partial charge in [-0.3, -0.25) is 4.72 Å². The topological polar surface area (TPSA) is 83.5 Å². The summed E-state index contributed by atoms with van der Waals surface area (Å²) in [4.78, 5) is 10.9. The molecule has 18 heavy (non-hydrogen) atoms. The molecule has 0 heterocycles. The van der Waals surface area contributed by atoms with Crippen LogP contribution in [0, 0.1) is 5.92 Å². The molecular weight excluding hydrogens is 322 g/mol. The van der Waals surface area contributed by atoms with Crippen molar-refractivity contribution in [2.45, 2.75) is 12.8 Å². The first-order valence-corrected chi connectivity index (χ1v) is 7.85. The molecule has 1 aromatic rings. The zero-order valence-corrected chi connectivity index (χ0v) is 11.8. The highest BCUT2D eigenvalue weighted by Crippen LogP contribution is 2.31. The molecule has 0 bridgehead atoms. The van der Waals surface area contributed by atoms with Gasteiger partial charge in [0.25, 0.3) is 0 Å². The molecule has 0 amide bonds. The number of nitrogens with one attached hydrogen (secondary N) is 1. The SMILES string of the molecule is O=C(O)c1cc(NS(=O)(=O)CC2CC2)ccc1Br.